The molecule has 2 aromatic rings. The molecule has 8 heteroatoms. The lowest BCUT2D eigenvalue weighted by Gasteiger charge is -2.13. The smallest absolute Gasteiger partial charge is 0.492 e. The Morgan fingerprint density at radius 2 is 1.25 bits per heavy atom. The Kier molecular flexibility index (Phi) is 9.66. The largest absolute Gasteiger partial charge is 0.497 e. The number of methoxy groups -OCH3 is 2. The molecule has 0 aromatic heterocycles. The number of ether oxygens (including phenoxy) is 2. The predicted octanol–water partition coefficient (Wildman–Crippen LogP) is 4.20. The maximum absolute atomic E-state index is 13.5. The Balaban J connectivity index is 0.000000283. The van der Waals surface area contributed by atoms with E-state index in [4.69, 9.17) is 19.5 Å². The molecule has 0 unspecified atom stereocenters. The third-order valence-electron chi connectivity index (χ3n) is 4.14. The molecule has 2 aromatic carbocycles. The molecule has 0 radical (unpaired) electrons. The Morgan fingerprint density at radius 3 is 1.64 bits per heavy atom. The highest BCUT2D eigenvalue weighted by atomic mass is 127. The van der Waals surface area contributed by atoms with Crippen molar-refractivity contribution in [2.75, 3.05) is 14.2 Å². The van der Waals surface area contributed by atoms with E-state index in [1.54, 1.807) is 7.11 Å². The summed E-state index contributed by atoms with van der Waals surface area (Å²) in [5.41, 5.74) is 1.37. The SMILES string of the molecule is COc1cc(F)c(C(C)C)cc1B(O)O.COc1cc(F)c(C(C)C)cc1I. The van der Waals surface area contributed by atoms with Gasteiger partial charge in [0.15, 0.2) is 0 Å². The van der Waals surface area contributed by atoms with Crippen LogP contribution in [0.2, 0.25) is 0 Å². The molecule has 0 aliphatic heterocycles. The minimum absolute atomic E-state index is 0.0200. The first-order chi connectivity index (χ1) is 13.0. The first-order valence-corrected chi connectivity index (χ1v) is 9.87. The molecule has 0 aliphatic carbocycles. The Hall–Kier alpha value is -1.39. The minimum atomic E-state index is -1.65. The molecule has 2 N–H and O–H groups in total. The maximum atomic E-state index is 13.5. The molecule has 0 atom stereocenters. The highest BCUT2D eigenvalue weighted by Crippen LogP contribution is 2.28. The van der Waals surface area contributed by atoms with Gasteiger partial charge in [-0.25, -0.2) is 8.78 Å². The lowest BCUT2D eigenvalue weighted by molar-refractivity contribution is 0.400. The summed E-state index contributed by atoms with van der Waals surface area (Å²) in [5, 5.41) is 18.2. The van der Waals surface area contributed by atoms with Gasteiger partial charge in [-0.1, -0.05) is 33.8 Å². The number of benzene rings is 2. The van der Waals surface area contributed by atoms with Crippen molar-refractivity contribution in [2.24, 2.45) is 0 Å². The predicted molar refractivity (Wildman–Crippen MR) is 117 cm³/mol. The molecule has 0 aliphatic rings. The van der Waals surface area contributed by atoms with Crippen LogP contribution in [0.25, 0.3) is 0 Å². The number of halogens is 3. The molecular formula is C20H26BF2IO4. The van der Waals surface area contributed by atoms with E-state index in [2.05, 4.69) is 22.6 Å². The fourth-order valence-corrected chi connectivity index (χ4v) is 3.26. The minimum Gasteiger partial charge on any atom is -0.497 e. The van der Waals surface area contributed by atoms with Crippen LogP contribution in [0.15, 0.2) is 24.3 Å². The van der Waals surface area contributed by atoms with Gasteiger partial charge in [-0.3, -0.25) is 0 Å². The summed E-state index contributed by atoms with van der Waals surface area (Å²) in [7, 11) is 1.25. The van der Waals surface area contributed by atoms with Crippen LogP contribution in [0.1, 0.15) is 50.7 Å². The summed E-state index contributed by atoms with van der Waals surface area (Å²) >= 11 is 2.14. The van der Waals surface area contributed by atoms with E-state index in [1.807, 2.05) is 33.8 Å². The van der Waals surface area contributed by atoms with Gasteiger partial charge in [0, 0.05) is 17.6 Å². The zero-order chi connectivity index (χ0) is 21.6. The van der Waals surface area contributed by atoms with Gasteiger partial charge in [-0.2, -0.15) is 0 Å². The molecule has 4 nitrogen and oxygen atoms in total. The van der Waals surface area contributed by atoms with Crippen LogP contribution in [0.3, 0.4) is 0 Å². The first-order valence-electron chi connectivity index (χ1n) is 8.79. The second kappa shape index (κ2) is 11.0. The van der Waals surface area contributed by atoms with E-state index in [0.717, 1.165) is 9.13 Å². The highest BCUT2D eigenvalue weighted by Gasteiger charge is 2.21. The third kappa shape index (κ3) is 6.32. The first kappa shape index (κ1) is 24.7. The van der Waals surface area contributed by atoms with Crippen LogP contribution >= 0.6 is 22.6 Å². The van der Waals surface area contributed by atoms with Crippen LogP contribution in [0.4, 0.5) is 8.78 Å². The Labute approximate surface area is 179 Å². The summed E-state index contributed by atoms with van der Waals surface area (Å²) in [6.07, 6.45) is 0. The average Bonchev–Trinajstić information content (AvgIpc) is 2.62. The van der Waals surface area contributed by atoms with Crippen LogP contribution in [0, 0.1) is 15.2 Å². The van der Waals surface area contributed by atoms with Gasteiger partial charge in [0.2, 0.25) is 0 Å². The fourth-order valence-electron chi connectivity index (χ4n) is 2.55. The van der Waals surface area contributed by atoms with Crippen LogP contribution < -0.4 is 14.9 Å². The summed E-state index contributed by atoms with van der Waals surface area (Å²) in [6, 6.07) is 5.87. The molecule has 0 bridgehead atoms. The van der Waals surface area contributed by atoms with Gasteiger partial charge in [-0.05, 0) is 51.6 Å². The second-order valence-electron chi connectivity index (χ2n) is 6.81. The van der Waals surface area contributed by atoms with Crippen molar-refractivity contribution in [2.45, 2.75) is 39.5 Å². The quantitative estimate of drug-likeness (QED) is 0.472. The molecule has 0 fully saturated rings. The van der Waals surface area contributed by atoms with E-state index in [9.17, 15) is 8.78 Å². The van der Waals surface area contributed by atoms with Gasteiger partial charge in [0.1, 0.15) is 23.1 Å². The van der Waals surface area contributed by atoms with Gasteiger partial charge < -0.3 is 19.5 Å². The normalized spacial score (nSPS) is 10.6. The van der Waals surface area contributed by atoms with E-state index in [1.165, 1.54) is 25.3 Å². The maximum Gasteiger partial charge on any atom is 0.492 e. The van der Waals surface area contributed by atoms with Crippen molar-refractivity contribution in [3.05, 3.63) is 50.6 Å². The number of rotatable bonds is 5. The molecule has 0 heterocycles. The van der Waals surface area contributed by atoms with Gasteiger partial charge in [0.25, 0.3) is 0 Å². The lowest BCUT2D eigenvalue weighted by atomic mass is 9.77. The zero-order valence-electron chi connectivity index (χ0n) is 16.9. The number of hydrogen-bond donors (Lipinski definition) is 2. The second-order valence-corrected chi connectivity index (χ2v) is 7.97. The van der Waals surface area contributed by atoms with Crippen molar-refractivity contribution >= 4 is 35.2 Å². The van der Waals surface area contributed by atoms with E-state index in [-0.39, 0.29) is 28.9 Å². The molecule has 2 rings (SSSR count). The van der Waals surface area contributed by atoms with Crippen molar-refractivity contribution in [1.82, 2.24) is 0 Å². The Morgan fingerprint density at radius 1 is 0.821 bits per heavy atom. The molecule has 0 saturated heterocycles. The summed E-state index contributed by atoms with van der Waals surface area (Å²) in [6.45, 7) is 7.61. The van der Waals surface area contributed by atoms with Crippen LogP contribution in [0.5, 0.6) is 11.5 Å². The van der Waals surface area contributed by atoms with Gasteiger partial charge in [0.05, 0.1) is 17.8 Å². The van der Waals surface area contributed by atoms with E-state index < -0.39 is 12.9 Å². The van der Waals surface area contributed by atoms with Gasteiger partial charge >= 0.3 is 7.12 Å². The highest BCUT2D eigenvalue weighted by molar-refractivity contribution is 14.1. The van der Waals surface area contributed by atoms with E-state index >= 15 is 0 Å². The third-order valence-corrected chi connectivity index (χ3v) is 4.99. The molecule has 154 valence electrons. The average molecular weight is 506 g/mol. The van der Waals surface area contributed by atoms with Crippen LogP contribution in [-0.4, -0.2) is 31.4 Å². The molecule has 0 amide bonds. The van der Waals surface area contributed by atoms with Gasteiger partial charge in [-0.15, -0.1) is 0 Å². The molecular weight excluding hydrogens is 480 g/mol. The standard InChI is InChI=1S/C10H14BFO3.C10H12FIO/c1-6(2)7-4-8(11(13)14)10(15-3)5-9(7)12;1-6(2)7-4-9(12)10(13-3)5-8(7)11/h4-6,13-14H,1-3H3;4-6H,1-3H3. The van der Waals surface area contributed by atoms with Crippen LogP contribution in [-0.2, 0) is 0 Å². The zero-order valence-corrected chi connectivity index (χ0v) is 19.0. The van der Waals surface area contributed by atoms with Crippen molar-refractivity contribution in [3.8, 4) is 11.5 Å². The summed E-state index contributed by atoms with van der Waals surface area (Å²) < 4.78 is 37.7. The molecule has 0 saturated carbocycles. The van der Waals surface area contributed by atoms with Crippen molar-refractivity contribution in [1.29, 1.82) is 0 Å². The summed E-state index contributed by atoms with van der Waals surface area (Å²) in [4.78, 5) is 0. The summed E-state index contributed by atoms with van der Waals surface area (Å²) in [5.74, 6) is 0.348. The van der Waals surface area contributed by atoms with Crippen molar-refractivity contribution in [3.63, 3.8) is 0 Å². The van der Waals surface area contributed by atoms with Crippen molar-refractivity contribution < 1.29 is 28.3 Å². The number of hydrogen-bond acceptors (Lipinski definition) is 4. The monoisotopic (exact) mass is 506 g/mol. The lowest BCUT2D eigenvalue weighted by Crippen LogP contribution is -2.32. The Bertz CT molecular complexity index is 798. The topological polar surface area (TPSA) is 58.9 Å². The molecule has 28 heavy (non-hydrogen) atoms. The molecule has 0 spiro atoms. The van der Waals surface area contributed by atoms with E-state index in [0.29, 0.717) is 11.3 Å². The fraction of sp³-hybridized carbons (Fsp3) is 0.400.